The first-order valence-corrected chi connectivity index (χ1v) is 9.58. The standard InChI is InChI=1S/C18H33N3O2/c1-2-9-21(16-5-8-19-15-16)17(22)14-18(6-3-4-7-18)20-10-12-23-13-11-20/h16,19H,2-15H2,1H3. The summed E-state index contributed by atoms with van der Waals surface area (Å²) in [5.74, 6) is 0.383. The lowest BCUT2D eigenvalue weighted by molar-refractivity contribution is -0.137. The Labute approximate surface area is 140 Å². The summed E-state index contributed by atoms with van der Waals surface area (Å²) in [7, 11) is 0. The number of nitrogens with zero attached hydrogens (tertiary/aromatic N) is 2. The van der Waals surface area contributed by atoms with Crippen molar-refractivity contribution >= 4 is 5.91 Å². The van der Waals surface area contributed by atoms with E-state index in [1.807, 2.05) is 0 Å². The van der Waals surface area contributed by atoms with Gasteiger partial charge in [-0.15, -0.1) is 0 Å². The molecular formula is C18H33N3O2. The highest BCUT2D eigenvalue weighted by atomic mass is 16.5. The lowest BCUT2D eigenvalue weighted by atomic mass is 9.89. The molecule has 132 valence electrons. The first-order chi connectivity index (χ1) is 11.2. The second-order valence-electron chi connectivity index (χ2n) is 7.44. The lowest BCUT2D eigenvalue weighted by Gasteiger charge is -2.44. The number of carbonyl (C=O) groups is 1. The van der Waals surface area contributed by atoms with E-state index in [4.69, 9.17) is 4.74 Å². The Hall–Kier alpha value is -0.650. The van der Waals surface area contributed by atoms with Crippen LogP contribution in [-0.2, 0) is 9.53 Å². The van der Waals surface area contributed by atoms with E-state index >= 15 is 0 Å². The van der Waals surface area contributed by atoms with Crippen molar-refractivity contribution in [3.63, 3.8) is 0 Å². The van der Waals surface area contributed by atoms with Gasteiger partial charge < -0.3 is 15.0 Å². The van der Waals surface area contributed by atoms with Crippen molar-refractivity contribution in [3.8, 4) is 0 Å². The summed E-state index contributed by atoms with van der Waals surface area (Å²) in [6, 6.07) is 0.408. The molecule has 5 nitrogen and oxygen atoms in total. The normalized spacial score (nSPS) is 28.1. The maximum Gasteiger partial charge on any atom is 0.224 e. The molecule has 5 heteroatoms. The van der Waals surface area contributed by atoms with Gasteiger partial charge in [-0.3, -0.25) is 9.69 Å². The number of morpholine rings is 1. The molecule has 1 atom stereocenters. The van der Waals surface area contributed by atoms with Crippen molar-refractivity contribution in [2.75, 3.05) is 45.9 Å². The van der Waals surface area contributed by atoms with E-state index < -0.39 is 0 Å². The van der Waals surface area contributed by atoms with Crippen LogP contribution in [0.5, 0.6) is 0 Å². The quantitative estimate of drug-likeness (QED) is 0.807. The van der Waals surface area contributed by atoms with Crippen LogP contribution in [0.25, 0.3) is 0 Å². The van der Waals surface area contributed by atoms with Gasteiger partial charge in [0.25, 0.3) is 0 Å². The van der Waals surface area contributed by atoms with Gasteiger partial charge in [0.2, 0.25) is 5.91 Å². The van der Waals surface area contributed by atoms with Crippen LogP contribution in [0.2, 0.25) is 0 Å². The number of ether oxygens (including phenoxy) is 1. The minimum absolute atomic E-state index is 0.110. The monoisotopic (exact) mass is 323 g/mol. The van der Waals surface area contributed by atoms with Gasteiger partial charge in [-0.1, -0.05) is 19.8 Å². The molecule has 3 fully saturated rings. The van der Waals surface area contributed by atoms with Crippen LogP contribution in [-0.4, -0.2) is 73.2 Å². The number of amides is 1. The van der Waals surface area contributed by atoms with E-state index in [0.717, 1.165) is 58.8 Å². The number of nitrogens with one attached hydrogen (secondary N) is 1. The van der Waals surface area contributed by atoms with E-state index in [-0.39, 0.29) is 5.54 Å². The summed E-state index contributed by atoms with van der Waals surface area (Å²) in [4.78, 5) is 17.9. The zero-order valence-corrected chi connectivity index (χ0v) is 14.7. The summed E-state index contributed by atoms with van der Waals surface area (Å²) >= 11 is 0. The van der Waals surface area contributed by atoms with Crippen molar-refractivity contribution in [1.29, 1.82) is 0 Å². The second kappa shape index (κ2) is 7.95. The number of rotatable bonds is 6. The molecule has 0 aromatic rings. The Morgan fingerprint density at radius 1 is 1.30 bits per heavy atom. The Morgan fingerprint density at radius 2 is 2.04 bits per heavy atom. The van der Waals surface area contributed by atoms with E-state index in [0.29, 0.717) is 18.4 Å². The summed E-state index contributed by atoms with van der Waals surface area (Å²) in [5.41, 5.74) is 0.110. The fourth-order valence-corrected chi connectivity index (χ4v) is 4.72. The SMILES string of the molecule is CCCN(C(=O)CC1(N2CCOCC2)CCCC1)C1CCNC1. The number of hydrogen-bond donors (Lipinski definition) is 1. The highest BCUT2D eigenvalue weighted by molar-refractivity contribution is 5.78. The highest BCUT2D eigenvalue weighted by Gasteiger charge is 2.43. The largest absolute Gasteiger partial charge is 0.379 e. The van der Waals surface area contributed by atoms with E-state index in [2.05, 4.69) is 22.0 Å². The van der Waals surface area contributed by atoms with Crippen molar-refractivity contribution in [2.24, 2.45) is 0 Å². The van der Waals surface area contributed by atoms with Gasteiger partial charge in [0.15, 0.2) is 0 Å². The summed E-state index contributed by atoms with van der Waals surface area (Å²) in [6.07, 6.45) is 7.77. The predicted molar refractivity (Wildman–Crippen MR) is 91.5 cm³/mol. The molecular weight excluding hydrogens is 290 g/mol. The zero-order chi connectivity index (χ0) is 16.1. The Morgan fingerprint density at radius 3 is 2.65 bits per heavy atom. The average molecular weight is 323 g/mol. The molecule has 0 aromatic carbocycles. The van der Waals surface area contributed by atoms with Crippen LogP contribution in [0, 0.1) is 0 Å². The van der Waals surface area contributed by atoms with Crippen molar-refractivity contribution in [2.45, 2.75) is 63.5 Å². The van der Waals surface area contributed by atoms with Crippen LogP contribution in [0.4, 0.5) is 0 Å². The van der Waals surface area contributed by atoms with Crippen molar-refractivity contribution in [3.05, 3.63) is 0 Å². The molecule has 2 heterocycles. The molecule has 0 spiro atoms. The molecule has 1 saturated carbocycles. The second-order valence-corrected chi connectivity index (χ2v) is 7.44. The maximum atomic E-state index is 13.2. The van der Waals surface area contributed by atoms with Crippen molar-refractivity contribution < 1.29 is 9.53 Å². The first kappa shape index (κ1) is 17.2. The van der Waals surface area contributed by atoms with Crippen molar-refractivity contribution in [1.82, 2.24) is 15.1 Å². The highest BCUT2D eigenvalue weighted by Crippen LogP contribution is 2.39. The van der Waals surface area contributed by atoms with Gasteiger partial charge in [-0.25, -0.2) is 0 Å². The molecule has 3 rings (SSSR count). The van der Waals surface area contributed by atoms with E-state index in [1.54, 1.807) is 0 Å². The Kier molecular flexibility index (Phi) is 5.94. The molecule has 2 aliphatic heterocycles. The van der Waals surface area contributed by atoms with Crippen LogP contribution in [0.1, 0.15) is 51.9 Å². The number of carbonyl (C=O) groups excluding carboxylic acids is 1. The van der Waals surface area contributed by atoms with Gasteiger partial charge in [-0.05, 0) is 32.2 Å². The minimum Gasteiger partial charge on any atom is -0.379 e. The van der Waals surface area contributed by atoms with Crippen LogP contribution >= 0.6 is 0 Å². The van der Waals surface area contributed by atoms with Gasteiger partial charge in [0, 0.05) is 44.2 Å². The van der Waals surface area contributed by atoms with E-state index in [1.165, 1.54) is 25.7 Å². The van der Waals surface area contributed by atoms with Gasteiger partial charge in [-0.2, -0.15) is 0 Å². The van der Waals surface area contributed by atoms with Gasteiger partial charge in [0.1, 0.15) is 0 Å². The fourth-order valence-electron chi connectivity index (χ4n) is 4.72. The van der Waals surface area contributed by atoms with Crippen LogP contribution in [0.15, 0.2) is 0 Å². The maximum absolute atomic E-state index is 13.2. The zero-order valence-electron chi connectivity index (χ0n) is 14.7. The minimum atomic E-state index is 0.110. The molecule has 1 N–H and O–H groups in total. The molecule has 2 saturated heterocycles. The predicted octanol–water partition coefficient (Wildman–Crippen LogP) is 1.62. The average Bonchev–Trinajstić information content (AvgIpc) is 3.26. The third kappa shape index (κ3) is 3.89. The smallest absolute Gasteiger partial charge is 0.224 e. The topological polar surface area (TPSA) is 44.8 Å². The number of hydrogen-bond acceptors (Lipinski definition) is 4. The third-order valence-corrected chi connectivity index (χ3v) is 5.96. The Bertz CT molecular complexity index is 384. The molecule has 23 heavy (non-hydrogen) atoms. The third-order valence-electron chi connectivity index (χ3n) is 5.96. The molecule has 0 bridgehead atoms. The molecule has 1 amide bonds. The Balaban J connectivity index is 1.68. The van der Waals surface area contributed by atoms with E-state index in [9.17, 15) is 4.79 Å². The van der Waals surface area contributed by atoms with Crippen LogP contribution < -0.4 is 5.32 Å². The first-order valence-electron chi connectivity index (χ1n) is 9.58. The molecule has 0 radical (unpaired) electrons. The summed E-state index contributed by atoms with van der Waals surface area (Å²) in [6.45, 7) is 8.73. The van der Waals surface area contributed by atoms with Gasteiger partial charge >= 0.3 is 0 Å². The summed E-state index contributed by atoms with van der Waals surface area (Å²) in [5, 5.41) is 3.41. The molecule has 3 aliphatic rings. The molecule has 1 aliphatic carbocycles. The fraction of sp³-hybridized carbons (Fsp3) is 0.944. The van der Waals surface area contributed by atoms with Gasteiger partial charge in [0.05, 0.1) is 13.2 Å². The summed E-state index contributed by atoms with van der Waals surface area (Å²) < 4.78 is 5.53. The lowest BCUT2D eigenvalue weighted by Crippen LogP contribution is -2.55. The molecule has 0 aromatic heterocycles. The van der Waals surface area contributed by atoms with Crippen LogP contribution in [0.3, 0.4) is 0 Å². The molecule has 1 unspecified atom stereocenters.